The molecule has 0 bridgehead atoms. The van der Waals surface area contributed by atoms with Gasteiger partial charge in [0.25, 0.3) is 0 Å². The van der Waals surface area contributed by atoms with Crippen LogP contribution in [0.2, 0.25) is 0 Å². The highest BCUT2D eigenvalue weighted by Crippen LogP contribution is 2.43. The van der Waals surface area contributed by atoms with Crippen molar-refractivity contribution >= 4 is 17.5 Å². The molecule has 1 aromatic rings. The SMILES string of the molecule is CSC1C(=O)CCc2cc3c(cc21)OCO3. The Morgan fingerprint density at radius 2 is 2.00 bits per heavy atom. The molecule has 0 aromatic heterocycles. The van der Waals surface area contributed by atoms with E-state index in [-0.39, 0.29) is 12.0 Å². The summed E-state index contributed by atoms with van der Waals surface area (Å²) < 4.78 is 10.7. The first-order valence-corrected chi connectivity index (χ1v) is 6.56. The van der Waals surface area contributed by atoms with Gasteiger partial charge in [0.2, 0.25) is 6.79 Å². The van der Waals surface area contributed by atoms with E-state index in [2.05, 4.69) is 0 Å². The average molecular weight is 236 g/mol. The molecule has 1 heterocycles. The zero-order chi connectivity index (χ0) is 11.1. The van der Waals surface area contributed by atoms with Gasteiger partial charge in [-0.05, 0) is 35.9 Å². The van der Waals surface area contributed by atoms with Crippen molar-refractivity contribution in [3.63, 3.8) is 0 Å². The number of Topliss-reactive ketones (excluding diaryl/α,β-unsaturated/α-hetero) is 1. The Bertz CT molecular complexity index is 456. The normalized spacial score (nSPS) is 22.1. The van der Waals surface area contributed by atoms with E-state index in [9.17, 15) is 4.79 Å². The molecule has 1 aromatic carbocycles. The molecule has 2 aliphatic rings. The number of aryl methyl sites for hydroxylation is 1. The number of hydrogen-bond donors (Lipinski definition) is 0. The van der Waals surface area contributed by atoms with E-state index in [0.717, 1.165) is 23.5 Å². The lowest BCUT2D eigenvalue weighted by molar-refractivity contribution is -0.119. The van der Waals surface area contributed by atoms with E-state index < -0.39 is 0 Å². The third-order valence-corrected chi connectivity index (χ3v) is 4.07. The lowest BCUT2D eigenvalue weighted by Gasteiger charge is -2.23. The van der Waals surface area contributed by atoms with E-state index in [4.69, 9.17) is 9.47 Å². The number of ketones is 1. The van der Waals surface area contributed by atoms with Crippen LogP contribution in [0.5, 0.6) is 11.5 Å². The predicted octanol–water partition coefficient (Wildman–Crippen LogP) is 2.33. The second-order valence-electron chi connectivity index (χ2n) is 3.99. The predicted molar refractivity (Wildman–Crippen MR) is 62.1 cm³/mol. The minimum absolute atomic E-state index is 0.0294. The Labute approximate surface area is 98.1 Å². The highest BCUT2D eigenvalue weighted by molar-refractivity contribution is 7.99. The molecule has 0 N–H and O–H groups in total. The first kappa shape index (κ1) is 10.0. The second-order valence-corrected chi connectivity index (χ2v) is 4.93. The van der Waals surface area contributed by atoms with Crippen LogP contribution in [-0.4, -0.2) is 18.8 Å². The molecule has 16 heavy (non-hydrogen) atoms. The highest BCUT2D eigenvalue weighted by Gasteiger charge is 2.29. The molecule has 0 spiro atoms. The average Bonchev–Trinajstić information content (AvgIpc) is 2.73. The van der Waals surface area contributed by atoms with Crippen LogP contribution in [-0.2, 0) is 11.2 Å². The van der Waals surface area contributed by atoms with Gasteiger partial charge >= 0.3 is 0 Å². The number of carbonyl (C=O) groups is 1. The second kappa shape index (κ2) is 3.70. The van der Waals surface area contributed by atoms with Crippen molar-refractivity contribution in [3.05, 3.63) is 23.3 Å². The molecule has 84 valence electrons. The molecule has 0 radical (unpaired) electrons. The number of rotatable bonds is 1. The van der Waals surface area contributed by atoms with Gasteiger partial charge in [-0.2, -0.15) is 0 Å². The fraction of sp³-hybridized carbons (Fsp3) is 0.417. The quantitative estimate of drug-likeness (QED) is 0.749. The number of ether oxygens (including phenoxy) is 2. The minimum atomic E-state index is -0.0294. The van der Waals surface area contributed by atoms with Gasteiger partial charge < -0.3 is 9.47 Å². The fourth-order valence-corrected chi connectivity index (χ4v) is 3.14. The first-order chi connectivity index (χ1) is 7.79. The molecule has 3 nitrogen and oxygen atoms in total. The van der Waals surface area contributed by atoms with E-state index in [1.165, 1.54) is 5.56 Å². The minimum Gasteiger partial charge on any atom is -0.454 e. The monoisotopic (exact) mass is 236 g/mol. The summed E-state index contributed by atoms with van der Waals surface area (Å²) in [4.78, 5) is 11.8. The molecule has 3 rings (SSSR count). The van der Waals surface area contributed by atoms with Crippen molar-refractivity contribution in [2.24, 2.45) is 0 Å². The van der Waals surface area contributed by atoms with Crippen LogP contribution in [0.15, 0.2) is 12.1 Å². The van der Waals surface area contributed by atoms with E-state index in [1.807, 2.05) is 18.4 Å². The summed E-state index contributed by atoms with van der Waals surface area (Å²) in [6.07, 6.45) is 3.43. The van der Waals surface area contributed by atoms with Gasteiger partial charge in [0.1, 0.15) is 0 Å². The van der Waals surface area contributed by atoms with Crippen molar-refractivity contribution in [2.75, 3.05) is 13.0 Å². The van der Waals surface area contributed by atoms with Crippen LogP contribution in [0.3, 0.4) is 0 Å². The number of fused-ring (bicyclic) bond motifs is 2. The molecule has 1 aliphatic heterocycles. The summed E-state index contributed by atoms with van der Waals surface area (Å²) in [6, 6.07) is 3.99. The van der Waals surface area contributed by atoms with Gasteiger partial charge in [0.15, 0.2) is 17.3 Å². The van der Waals surface area contributed by atoms with Gasteiger partial charge in [0.05, 0.1) is 5.25 Å². The zero-order valence-corrected chi connectivity index (χ0v) is 9.80. The fourth-order valence-electron chi connectivity index (χ4n) is 2.28. The van der Waals surface area contributed by atoms with E-state index in [0.29, 0.717) is 12.2 Å². The third kappa shape index (κ3) is 1.40. The summed E-state index contributed by atoms with van der Waals surface area (Å²) in [5.74, 6) is 1.90. The van der Waals surface area contributed by atoms with Crippen LogP contribution in [0.1, 0.15) is 22.8 Å². The number of benzene rings is 1. The van der Waals surface area contributed by atoms with Crippen LogP contribution in [0.25, 0.3) is 0 Å². The van der Waals surface area contributed by atoms with Gasteiger partial charge in [-0.1, -0.05) is 0 Å². The van der Waals surface area contributed by atoms with Gasteiger partial charge in [-0.25, -0.2) is 0 Å². The summed E-state index contributed by atoms with van der Waals surface area (Å²) in [7, 11) is 0. The molecule has 0 fully saturated rings. The molecular formula is C12H12O3S. The van der Waals surface area contributed by atoms with E-state index >= 15 is 0 Å². The smallest absolute Gasteiger partial charge is 0.231 e. The molecule has 4 heteroatoms. The van der Waals surface area contributed by atoms with Gasteiger partial charge in [-0.15, -0.1) is 11.8 Å². The standard InChI is InChI=1S/C12H12O3S/c1-16-12-8-5-11-10(14-6-15-11)4-7(8)2-3-9(12)13/h4-5,12H,2-3,6H2,1H3. The van der Waals surface area contributed by atoms with E-state index in [1.54, 1.807) is 11.8 Å². The van der Waals surface area contributed by atoms with Gasteiger partial charge in [0, 0.05) is 6.42 Å². The number of thioether (sulfide) groups is 1. The van der Waals surface area contributed by atoms with Crippen molar-refractivity contribution < 1.29 is 14.3 Å². The molecule has 1 atom stereocenters. The topological polar surface area (TPSA) is 35.5 Å². The Kier molecular flexibility index (Phi) is 2.32. The molecule has 0 saturated heterocycles. The van der Waals surface area contributed by atoms with Crippen LogP contribution < -0.4 is 9.47 Å². The Morgan fingerprint density at radius 1 is 1.25 bits per heavy atom. The summed E-state index contributed by atoms with van der Waals surface area (Å²) in [5, 5.41) is -0.0294. The maximum Gasteiger partial charge on any atom is 0.231 e. The van der Waals surface area contributed by atoms with Crippen molar-refractivity contribution in [1.82, 2.24) is 0 Å². The number of carbonyl (C=O) groups excluding carboxylic acids is 1. The van der Waals surface area contributed by atoms with Crippen molar-refractivity contribution in [3.8, 4) is 11.5 Å². The molecule has 1 aliphatic carbocycles. The third-order valence-electron chi connectivity index (χ3n) is 3.09. The van der Waals surface area contributed by atoms with Crippen molar-refractivity contribution in [2.45, 2.75) is 18.1 Å². The molecule has 1 unspecified atom stereocenters. The highest BCUT2D eigenvalue weighted by atomic mass is 32.2. The van der Waals surface area contributed by atoms with Crippen LogP contribution in [0.4, 0.5) is 0 Å². The lowest BCUT2D eigenvalue weighted by atomic mass is 9.90. The van der Waals surface area contributed by atoms with Gasteiger partial charge in [-0.3, -0.25) is 4.79 Å². The largest absolute Gasteiger partial charge is 0.454 e. The molecule has 0 amide bonds. The summed E-state index contributed by atoms with van der Waals surface area (Å²) >= 11 is 1.60. The maximum absolute atomic E-state index is 11.8. The summed E-state index contributed by atoms with van der Waals surface area (Å²) in [5.41, 5.74) is 2.33. The zero-order valence-electron chi connectivity index (χ0n) is 8.99. The number of hydrogen-bond acceptors (Lipinski definition) is 4. The van der Waals surface area contributed by atoms with Crippen LogP contribution >= 0.6 is 11.8 Å². The molecular weight excluding hydrogens is 224 g/mol. The van der Waals surface area contributed by atoms with Crippen molar-refractivity contribution in [1.29, 1.82) is 0 Å². The Balaban J connectivity index is 2.11. The first-order valence-electron chi connectivity index (χ1n) is 5.27. The lowest BCUT2D eigenvalue weighted by Crippen LogP contribution is -2.17. The van der Waals surface area contributed by atoms with Crippen LogP contribution in [0, 0.1) is 0 Å². The Hall–Kier alpha value is -1.16. The maximum atomic E-state index is 11.8. The Morgan fingerprint density at radius 3 is 2.75 bits per heavy atom. The summed E-state index contributed by atoms with van der Waals surface area (Å²) in [6.45, 7) is 0.288. The molecule has 0 saturated carbocycles.